The summed E-state index contributed by atoms with van der Waals surface area (Å²) >= 11 is 0. The van der Waals surface area contributed by atoms with Gasteiger partial charge in [0.05, 0.1) is 22.1 Å². The second kappa shape index (κ2) is 15.8. The fourth-order valence-corrected chi connectivity index (χ4v) is 11.8. The summed E-state index contributed by atoms with van der Waals surface area (Å²) in [6, 6.07) is 76.3. The number of fused-ring (bicyclic) bond motifs is 8. The minimum atomic E-state index is 0.0123. The Labute approximate surface area is 414 Å². The highest BCUT2D eigenvalue weighted by Crippen LogP contribution is 2.63. The van der Waals surface area contributed by atoms with E-state index in [4.69, 9.17) is 15.0 Å². The summed E-state index contributed by atoms with van der Waals surface area (Å²) in [7, 11) is 0. The fourth-order valence-electron chi connectivity index (χ4n) is 11.8. The molecule has 9 aromatic carbocycles. The van der Waals surface area contributed by atoms with Crippen LogP contribution in [0.4, 0.5) is 0 Å². The summed E-state index contributed by atoms with van der Waals surface area (Å²) in [4.78, 5) is 15.9. The van der Waals surface area contributed by atoms with Crippen LogP contribution in [0.3, 0.4) is 0 Å². The van der Waals surface area contributed by atoms with Crippen LogP contribution in [-0.2, 0) is 10.8 Å². The molecule has 3 heterocycles. The van der Waals surface area contributed by atoms with Crippen LogP contribution in [0, 0.1) is 5.41 Å². The number of aromatic nitrogens is 5. The van der Waals surface area contributed by atoms with E-state index in [1.54, 1.807) is 0 Å². The van der Waals surface area contributed by atoms with Crippen molar-refractivity contribution in [2.45, 2.75) is 52.4 Å². The van der Waals surface area contributed by atoms with E-state index >= 15 is 0 Å². The van der Waals surface area contributed by atoms with Gasteiger partial charge in [-0.05, 0) is 91.1 Å². The molecule has 0 aliphatic heterocycles. The molecule has 0 unspecified atom stereocenters. The molecule has 0 bridgehead atoms. The SMILES string of the molecule is CC1(C)c2cccc(-c3ccc(-c4ccc(-n5c6ccccc6c6ccc7c8ccccc8n(-c8nc(-c9ccccc9)nc(-c9cccc(-c%10ccccc%10)c9)n8)c7c65)cc4)cc3)c2C(C)(C)C1(C)C. The molecule has 1 aliphatic carbocycles. The van der Waals surface area contributed by atoms with Crippen molar-refractivity contribution in [1.82, 2.24) is 24.1 Å². The van der Waals surface area contributed by atoms with Crippen LogP contribution in [-0.4, -0.2) is 24.1 Å². The molecule has 13 rings (SSSR count). The Balaban J connectivity index is 0.977. The summed E-state index contributed by atoms with van der Waals surface area (Å²) in [5.41, 5.74) is 17.5. The first-order chi connectivity index (χ1) is 34.5. The Hall–Kier alpha value is -8.41. The zero-order valence-electron chi connectivity index (χ0n) is 40.9. The zero-order chi connectivity index (χ0) is 48.2. The van der Waals surface area contributed by atoms with Crippen molar-refractivity contribution in [2.75, 3.05) is 0 Å². The van der Waals surface area contributed by atoms with Crippen molar-refractivity contribution < 1.29 is 0 Å². The summed E-state index contributed by atoms with van der Waals surface area (Å²) in [5.74, 6) is 1.78. The van der Waals surface area contributed by atoms with Crippen LogP contribution < -0.4 is 0 Å². The van der Waals surface area contributed by atoms with Gasteiger partial charge in [0, 0.05) is 38.4 Å². The smallest absolute Gasteiger partial charge is 0.238 e. The highest BCUT2D eigenvalue weighted by molar-refractivity contribution is 6.23. The van der Waals surface area contributed by atoms with E-state index in [-0.39, 0.29) is 16.2 Å². The maximum atomic E-state index is 5.41. The fraction of sp³-hybridized carbons (Fsp3) is 0.136. The van der Waals surface area contributed by atoms with Gasteiger partial charge < -0.3 is 4.57 Å². The van der Waals surface area contributed by atoms with Crippen LogP contribution in [0.15, 0.2) is 212 Å². The Morgan fingerprint density at radius 1 is 0.338 bits per heavy atom. The maximum absolute atomic E-state index is 5.41. The van der Waals surface area contributed by atoms with Crippen LogP contribution in [0.5, 0.6) is 0 Å². The van der Waals surface area contributed by atoms with Gasteiger partial charge in [-0.25, -0.2) is 4.98 Å². The Kier molecular flexibility index (Phi) is 9.50. The summed E-state index contributed by atoms with van der Waals surface area (Å²) in [5, 5.41) is 4.60. The molecule has 1 aliphatic rings. The van der Waals surface area contributed by atoms with Crippen LogP contribution >= 0.6 is 0 Å². The molecule has 0 saturated carbocycles. The molecule has 0 atom stereocenters. The van der Waals surface area contributed by atoms with E-state index in [0.29, 0.717) is 17.6 Å². The first-order valence-electron chi connectivity index (χ1n) is 24.8. The van der Waals surface area contributed by atoms with Gasteiger partial charge in [0.2, 0.25) is 5.95 Å². The van der Waals surface area contributed by atoms with Gasteiger partial charge in [0.25, 0.3) is 0 Å². The number of hydrogen-bond donors (Lipinski definition) is 0. The van der Waals surface area contributed by atoms with Crippen molar-refractivity contribution in [3.8, 4) is 67.8 Å². The third-order valence-electron chi connectivity index (χ3n) is 16.7. The molecule has 0 radical (unpaired) electrons. The van der Waals surface area contributed by atoms with Crippen molar-refractivity contribution >= 4 is 43.6 Å². The molecular weight excluding hydrogens is 863 g/mol. The van der Waals surface area contributed by atoms with Gasteiger partial charge in [0.1, 0.15) is 0 Å². The first kappa shape index (κ1) is 42.7. The Morgan fingerprint density at radius 3 is 1.46 bits per heavy atom. The standard InChI is InChI=1S/C66H53N5/c1-64(2)55-28-18-27-50(58(55)65(3,4)66(64,5)6)45-33-31-43(32-34-45)44-35-37-49(38-36-44)70-56-29-15-13-25-51(56)53-39-40-54-52-26-14-16-30-57(52)71(60(54)59(53)70)63-68-61(46-21-11-8-12-22-46)67-62(69-63)48-24-17-23-47(41-48)42-19-9-7-10-20-42/h7-41H,1-6H3. The minimum absolute atomic E-state index is 0.0123. The number of benzene rings is 9. The zero-order valence-corrected chi connectivity index (χ0v) is 40.9. The molecule has 0 spiro atoms. The van der Waals surface area contributed by atoms with Crippen molar-refractivity contribution in [2.24, 2.45) is 5.41 Å². The summed E-state index contributed by atoms with van der Waals surface area (Å²) in [6.45, 7) is 14.6. The van der Waals surface area contributed by atoms with Crippen LogP contribution in [0.25, 0.3) is 111 Å². The molecule has 12 aromatic rings. The number of para-hydroxylation sites is 2. The third kappa shape index (κ3) is 6.42. The summed E-state index contributed by atoms with van der Waals surface area (Å²) in [6.07, 6.45) is 0. The quantitative estimate of drug-likeness (QED) is 0.160. The molecule has 342 valence electrons. The van der Waals surface area contributed by atoms with E-state index in [1.165, 1.54) is 38.8 Å². The van der Waals surface area contributed by atoms with E-state index in [2.05, 4.69) is 239 Å². The van der Waals surface area contributed by atoms with Crippen molar-refractivity contribution in [3.05, 3.63) is 223 Å². The first-order valence-corrected chi connectivity index (χ1v) is 24.8. The van der Waals surface area contributed by atoms with Gasteiger partial charge in [-0.3, -0.25) is 4.57 Å². The molecule has 5 heteroatoms. The molecule has 0 amide bonds. The lowest BCUT2D eigenvalue weighted by Crippen LogP contribution is -2.42. The Morgan fingerprint density at radius 2 is 0.817 bits per heavy atom. The largest absolute Gasteiger partial charge is 0.307 e. The second-order valence-corrected chi connectivity index (χ2v) is 20.9. The predicted octanol–water partition coefficient (Wildman–Crippen LogP) is 17.0. The molecule has 0 saturated heterocycles. The molecule has 5 nitrogen and oxygen atoms in total. The average molecular weight is 916 g/mol. The van der Waals surface area contributed by atoms with E-state index in [0.717, 1.165) is 66.2 Å². The normalized spacial score (nSPS) is 14.7. The van der Waals surface area contributed by atoms with Crippen LogP contribution in [0.1, 0.15) is 52.7 Å². The highest BCUT2D eigenvalue weighted by atomic mass is 15.2. The van der Waals surface area contributed by atoms with Gasteiger partial charge in [0.15, 0.2) is 11.6 Å². The van der Waals surface area contributed by atoms with Crippen LogP contribution in [0.2, 0.25) is 0 Å². The van der Waals surface area contributed by atoms with Gasteiger partial charge >= 0.3 is 0 Å². The lowest BCUT2D eigenvalue weighted by Gasteiger charge is -2.44. The van der Waals surface area contributed by atoms with E-state index in [9.17, 15) is 0 Å². The topological polar surface area (TPSA) is 48.5 Å². The highest BCUT2D eigenvalue weighted by Gasteiger charge is 2.57. The van der Waals surface area contributed by atoms with Crippen molar-refractivity contribution in [3.63, 3.8) is 0 Å². The minimum Gasteiger partial charge on any atom is -0.307 e. The van der Waals surface area contributed by atoms with Gasteiger partial charge in [-0.1, -0.05) is 224 Å². The lowest BCUT2D eigenvalue weighted by molar-refractivity contribution is 0.125. The van der Waals surface area contributed by atoms with E-state index in [1.807, 2.05) is 24.3 Å². The van der Waals surface area contributed by atoms with E-state index < -0.39 is 0 Å². The average Bonchev–Trinajstić information content (AvgIpc) is 3.97. The molecule has 71 heavy (non-hydrogen) atoms. The molecule has 0 fully saturated rings. The second-order valence-electron chi connectivity index (χ2n) is 20.9. The maximum Gasteiger partial charge on any atom is 0.238 e. The summed E-state index contributed by atoms with van der Waals surface area (Å²) < 4.78 is 4.70. The number of hydrogen-bond acceptors (Lipinski definition) is 3. The molecule has 3 aromatic heterocycles. The van der Waals surface area contributed by atoms with Crippen molar-refractivity contribution in [1.29, 1.82) is 0 Å². The number of nitrogens with zero attached hydrogens (tertiary/aromatic N) is 5. The number of rotatable bonds is 7. The third-order valence-corrected chi connectivity index (χ3v) is 16.7. The lowest BCUT2D eigenvalue weighted by atomic mass is 9.59. The van der Waals surface area contributed by atoms with Gasteiger partial charge in [-0.15, -0.1) is 0 Å². The van der Waals surface area contributed by atoms with Gasteiger partial charge in [-0.2, -0.15) is 9.97 Å². The Bertz CT molecular complexity index is 4040. The molecule has 0 N–H and O–H groups in total. The molecular formula is C66H53N5. The predicted molar refractivity (Wildman–Crippen MR) is 296 cm³/mol. The monoisotopic (exact) mass is 915 g/mol.